The number of aromatic nitrogens is 2. The molecule has 1 aliphatic rings. The van der Waals surface area contributed by atoms with Gasteiger partial charge >= 0.3 is 13.5 Å². The first-order chi connectivity index (χ1) is 11.4. The number of rotatable bonds is 8. The van der Waals surface area contributed by atoms with Gasteiger partial charge in [-0.3, -0.25) is 18.8 Å². The number of phosphoric ester groups is 1. The minimum atomic E-state index is -4.23. The van der Waals surface area contributed by atoms with Crippen molar-refractivity contribution < 1.29 is 28.0 Å². The third-order valence-corrected chi connectivity index (χ3v) is 4.56. The summed E-state index contributed by atoms with van der Waals surface area (Å²) in [6.45, 7) is 3.94. The zero-order valence-corrected chi connectivity index (χ0v) is 14.3. The molecule has 1 unspecified atom stereocenters. The van der Waals surface area contributed by atoms with Crippen molar-refractivity contribution in [2.45, 2.75) is 38.6 Å². The lowest BCUT2D eigenvalue weighted by Gasteiger charge is -2.20. The van der Waals surface area contributed by atoms with E-state index in [0.717, 1.165) is 0 Å². The molecule has 2 heterocycles. The Hall–Kier alpha value is -1.29. The second kappa shape index (κ2) is 8.19. The van der Waals surface area contributed by atoms with Crippen LogP contribution in [0.4, 0.5) is 0 Å². The molecule has 0 aliphatic carbocycles. The highest BCUT2D eigenvalue weighted by Gasteiger charge is 2.42. The van der Waals surface area contributed by atoms with Gasteiger partial charge in [-0.05, 0) is 13.8 Å². The lowest BCUT2D eigenvalue weighted by Crippen LogP contribution is -2.29. The van der Waals surface area contributed by atoms with Gasteiger partial charge in [-0.2, -0.15) is 0 Å². The Balaban J connectivity index is 2.18. The van der Waals surface area contributed by atoms with Crippen molar-refractivity contribution in [1.29, 1.82) is 0 Å². The van der Waals surface area contributed by atoms with E-state index in [1.54, 1.807) is 13.8 Å². The molecule has 0 saturated carbocycles. The van der Waals surface area contributed by atoms with Crippen LogP contribution >= 0.6 is 7.82 Å². The van der Waals surface area contributed by atoms with E-state index >= 15 is 0 Å². The summed E-state index contributed by atoms with van der Waals surface area (Å²) >= 11 is 0. The predicted octanol–water partition coefficient (Wildman–Crippen LogP) is 0.452. The van der Waals surface area contributed by atoms with Crippen LogP contribution in [0, 0.1) is 0 Å². The second-order valence-corrected chi connectivity index (χ2v) is 6.52. The fraction of sp³-hybridized carbons (Fsp3) is 0.692. The molecule has 1 saturated heterocycles. The summed E-state index contributed by atoms with van der Waals surface area (Å²) in [6.07, 6.45) is -0.752. The summed E-state index contributed by atoms with van der Waals surface area (Å²) in [6, 6.07) is 0. The molecule has 1 aliphatic heterocycles. The van der Waals surface area contributed by atoms with Gasteiger partial charge in [-0.15, -0.1) is 0 Å². The van der Waals surface area contributed by atoms with Crippen molar-refractivity contribution in [2.24, 2.45) is 0 Å². The molecule has 1 aromatic rings. The van der Waals surface area contributed by atoms with Gasteiger partial charge in [0.05, 0.1) is 24.9 Å². The lowest BCUT2D eigenvalue weighted by atomic mass is 10.1. The standard InChI is InChI=1S/C13H21N2O8P/c1-3-20-7-11-10(23-24(18,19)21-4-2)5-9(22-11)8-6-14-13(17)15-12(8)16/h6,9-11H,3-5,7H2,1-2H3,(H,18,19)(H2,14,15,16,17)/t9-,10+,11-/m1/s1. The monoisotopic (exact) mass is 364 g/mol. The molecule has 0 aromatic carbocycles. The van der Waals surface area contributed by atoms with E-state index in [9.17, 15) is 19.0 Å². The highest BCUT2D eigenvalue weighted by molar-refractivity contribution is 7.47. The van der Waals surface area contributed by atoms with Crippen LogP contribution in [0.2, 0.25) is 0 Å². The SMILES string of the molecule is CCOC[C@H]1O[C@@H](c2c[nH]c(=O)[nH]c2=O)C[C@@H]1OP(=O)(O)OCC. The number of phosphoric acid groups is 1. The highest BCUT2D eigenvalue weighted by atomic mass is 31.2. The van der Waals surface area contributed by atoms with E-state index < -0.39 is 37.4 Å². The van der Waals surface area contributed by atoms with Gasteiger partial charge in [0.25, 0.3) is 5.56 Å². The van der Waals surface area contributed by atoms with Crippen molar-refractivity contribution in [3.63, 3.8) is 0 Å². The zero-order chi connectivity index (χ0) is 17.7. The van der Waals surface area contributed by atoms with Crippen molar-refractivity contribution in [1.82, 2.24) is 9.97 Å². The third kappa shape index (κ3) is 4.85. The number of ether oxygens (including phenoxy) is 2. The van der Waals surface area contributed by atoms with Crippen LogP contribution in [0.25, 0.3) is 0 Å². The molecule has 10 nitrogen and oxygen atoms in total. The summed E-state index contributed by atoms with van der Waals surface area (Å²) in [5, 5.41) is 0. The molecular weight excluding hydrogens is 343 g/mol. The number of hydrogen-bond acceptors (Lipinski definition) is 7. The van der Waals surface area contributed by atoms with Crippen LogP contribution in [-0.2, 0) is 23.1 Å². The minimum Gasteiger partial charge on any atom is -0.379 e. The third-order valence-electron chi connectivity index (χ3n) is 3.44. The predicted molar refractivity (Wildman–Crippen MR) is 82.7 cm³/mol. The number of nitrogens with one attached hydrogen (secondary N) is 2. The topological polar surface area (TPSA) is 140 Å². The summed E-state index contributed by atoms with van der Waals surface area (Å²) in [7, 11) is -4.23. The molecule has 24 heavy (non-hydrogen) atoms. The van der Waals surface area contributed by atoms with E-state index in [4.69, 9.17) is 18.5 Å². The maximum Gasteiger partial charge on any atom is 0.472 e. The van der Waals surface area contributed by atoms with E-state index in [-0.39, 0.29) is 25.2 Å². The fourth-order valence-electron chi connectivity index (χ4n) is 2.43. The van der Waals surface area contributed by atoms with E-state index in [2.05, 4.69) is 9.97 Å². The molecule has 1 fully saturated rings. The van der Waals surface area contributed by atoms with Crippen LogP contribution in [-0.4, -0.2) is 46.9 Å². The van der Waals surface area contributed by atoms with Crippen LogP contribution in [0.3, 0.4) is 0 Å². The molecule has 1 aromatic heterocycles. The molecule has 0 amide bonds. The molecule has 4 atom stereocenters. The van der Waals surface area contributed by atoms with Crippen LogP contribution in [0.5, 0.6) is 0 Å². The first-order valence-corrected chi connectivity index (χ1v) is 9.06. The summed E-state index contributed by atoms with van der Waals surface area (Å²) in [4.78, 5) is 37.1. The number of hydrogen-bond donors (Lipinski definition) is 3. The maximum atomic E-state index is 11.9. The average Bonchev–Trinajstić information content (AvgIpc) is 2.86. The molecule has 0 radical (unpaired) electrons. The van der Waals surface area contributed by atoms with Crippen molar-refractivity contribution in [3.8, 4) is 0 Å². The Labute approximate surface area is 137 Å². The van der Waals surface area contributed by atoms with Gasteiger partial charge in [-0.25, -0.2) is 9.36 Å². The van der Waals surface area contributed by atoms with Gasteiger partial charge in [-0.1, -0.05) is 0 Å². The molecule has 3 N–H and O–H groups in total. The maximum absolute atomic E-state index is 11.9. The second-order valence-electron chi connectivity index (χ2n) is 5.12. The number of aromatic amines is 2. The largest absolute Gasteiger partial charge is 0.472 e. The number of H-pyrrole nitrogens is 2. The highest BCUT2D eigenvalue weighted by Crippen LogP contribution is 2.48. The molecule has 136 valence electrons. The summed E-state index contributed by atoms with van der Waals surface area (Å²) in [5.41, 5.74) is -1.01. The zero-order valence-electron chi connectivity index (χ0n) is 13.4. The van der Waals surface area contributed by atoms with Crippen LogP contribution in [0.15, 0.2) is 15.8 Å². The fourth-order valence-corrected chi connectivity index (χ4v) is 3.38. The van der Waals surface area contributed by atoms with Gasteiger partial charge in [0.15, 0.2) is 0 Å². The Kier molecular flexibility index (Phi) is 6.50. The minimum absolute atomic E-state index is 0.0144. The normalized spacial score (nSPS) is 26.4. The average molecular weight is 364 g/mol. The van der Waals surface area contributed by atoms with Crippen molar-refractivity contribution >= 4 is 7.82 Å². The van der Waals surface area contributed by atoms with Crippen molar-refractivity contribution in [3.05, 3.63) is 32.6 Å². The van der Waals surface area contributed by atoms with Gasteiger partial charge < -0.3 is 19.4 Å². The Bertz CT molecular complexity index is 702. The summed E-state index contributed by atoms with van der Waals surface area (Å²) in [5.74, 6) is 0. The first-order valence-electron chi connectivity index (χ1n) is 7.57. The lowest BCUT2D eigenvalue weighted by molar-refractivity contribution is -0.0434. The van der Waals surface area contributed by atoms with Gasteiger partial charge in [0, 0.05) is 19.2 Å². The molecule has 0 spiro atoms. The quantitative estimate of drug-likeness (QED) is 0.565. The molecule has 0 bridgehead atoms. The van der Waals surface area contributed by atoms with E-state index in [1.165, 1.54) is 6.20 Å². The Morgan fingerprint density at radius 2 is 2.12 bits per heavy atom. The molecular formula is C13H21N2O8P. The van der Waals surface area contributed by atoms with E-state index in [1.807, 2.05) is 0 Å². The van der Waals surface area contributed by atoms with Crippen LogP contribution < -0.4 is 11.2 Å². The molecule has 2 rings (SSSR count). The first kappa shape index (κ1) is 19.0. The van der Waals surface area contributed by atoms with E-state index in [0.29, 0.717) is 6.61 Å². The van der Waals surface area contributed by atoms with Gasteiger partial charge in [0.1, 0.15) is 12.2 Å². The summed E-state index contributed by atoms with van der Waals surface area (Å²) < 4.78 is 32.7. The van der Waals surface area contributed by atoms with Crippen molar-refractivity contribution in [2.75, 3.05) is 19.8 Å². The smallest absolute Gasteiger partial charge is 0.379 e. The Morgan fingerprint density at radius 3 is 2.75 bits per heavy atom. The Morgan fingerprint density at radius 1 is 1.38 bits per heavy atom. The van der Waals surface area contributed by atoms with Crippen LogP contribution in [0.1, 0.15) is 31.9 Å². The van der Waals surface area contributed by atoms with Gasteiger partial charge in [0.2, 0.25) is 0 Å². The molecule has 11 heteroatoms.